The van der Waals surface area contributed by atoms with Crippen LogP contribution in [0.4, 0.5) is 0 Å². The number of benzene rings is 2. The number of carbonyl (C=O) groups is 1. The van der Waals surface area contributed by atoms with E-state index in [4.69, 9.17) is 16.6 Å². The Morgan fingerprint density at radius 2 is 1.79 bits per heavy atom. The number of aromatic nitrogens is 1. The minimum absolute atomic E-state index is 0.0873. The quantitative estimate of drug-likeness (QED) is 0.635. The van der Waals surface area contributed by atoms with E-state index in [0.717, 1.165) is 29.7 Å². The van der Waals surface area contributed by atoms with Crippen molar-refractivity contribution in [3.05, 3.63) is 102 Å². The van der Waals surface area contributed by atoms with Crippen molar-refractivity contribution in [3.63, 3.8) is 0 Å². The Hall–Kier alpha value is -2.76. The van der Waals surface area contributed by atoms with Gasteiger partial charge >= 0.3 is 0 Å². The number of carbonyl (C=O) groups excluding carboxylic acids is 1. The highest BCUT2D eigenvalue weighted by Gasteiger charge is 2.34. The zero-order chi connectivity index (χ0) is 20.0. The Labute approximate surface area is 176 Å². The number of halogens is 1. The minimum atomic E-state index is -0.427. The van der Waals surface area contributed by atoms with E-state index in [0.29, 0.717) is 26.4 Å². The highest BCUT2D eigenvalue weighted by molar-refractivity contribution is 7.07. The van der Waals surface area contributed by atoms with Gasteiger partial charge in [-0.25, -0.2) is 4.99 Å². The molecule has 1 aliphatic carbocycles. The summed E-state index contributed by atoms with van der Waals surface area (Å²) in [7, 11) is 0. The largest absolute Gasteiger partial charge is 0.294 e. The Morgan fingerprint density at radius 3 is 2.59 bits per heavy atom. The Bertz CT molecular complexity index is 1340. The standard InChI is InChI=1S/C23H17ClN2O2S/c24-16-10-5-4-9-15(16)13-19-22(28)26-21(14-7-2-1-3-8-14)20-17(25-23(26)29-19)11-6-12-18(20)27/h1-5,7-10,13,21H,6,11-12H2. The Kier molecular flexibility index (Phi) is 4.57. The molecule has 2 aliphatic rings. The van der Waals surface area contributed by atoms with E-state index in [-0.39, 0.29) is 11.3 Å². The van der Waals surface area contributed by atoms with Crippen LogP contribution in [0.3, 0.4) is 0 Å². The highest BCUT2D eigenvalue weighted by atomic mass is 35.5. The van der Waals surface area contributed by atoms with E-state index in [1.54, 1.807) is 16.7 Å². The summed E-state index contributed by atoms with van der Waals surface area (Å²) in [6.07, 6.45) is 3.88. The number of allylic oxidation sites excluding steroid dienone is 2. The van der Waals surface area contributed by atoms with Crippen molar-refractivity contribution < 1.29 is 4.79 Å². The van der Waals surface area contributed by atoms with Gasteiger partial charge in [-0.05, 0) is 36.1 Å². The summed E-state index contributed by atoms with van der Waals surface area (Å²) in [5.74, 6) is 0.0873. The maximum atomic E-state index is 13.4. The van der Waals surface area contributed by atoms with Gasteiger partial charge in [-0.3, -0.25) is 14.2 Å². The molecule has 0 spiro atoms. The first-order valence-electron chi connectivity index (χ1n) is 9.51. The summed E-state index contributed by atoms with van der Waals surface area (Å²) in [6.45, 7) is 0. The van der Waals surface area contributed by atoms with Gasteiger partial charge in [0.1, 0.15) is 0 Å². The zero-order valence-electron chi connectivity index (χ0n) is 15.5. The second kappa shape index (κ2) is 7.25. The van der Waals surface area contributed by atoms with Crippen LogP contribution in [-0.4, -0.2) is 10.4 Å². The van der Waals surface area contributed by atoms with E-state index in [1.807, 2.05) is 48.5 Å². The molecular weight excluding hydrogens is 404 g/mol. The van der Waals surface area contributed by atoms with Gasteiger partial charge < -0.3 is 0 Å². The first-order chi connectivity index (χ1) is 14.1. The molecule has 2 aromatic carbocycles. The van der Waals surface area contributed by atoms with Crippen molar-refractivity contribution in [2.75, 3.05) is 0 Å². The molecule has 1 unspecified atom stereocenters. The van der Waals surface area contributed by atoms with Gasteiger partial charge in [-0.15, -0.1) is 0 Å². The number of ketones is 1. The Balaban J connectivity index is 1.79. The molecular formula is C23H17ClN2O2S. The second-order valence-electron chi connectivity index (χ2n) is 7.15. The lowest BCUT2D eigenvalue weighted by Crippen LogP contribution is -2.40. The van der Waals surface area contributed by atoms with Gasteiger partial charge in [0.05, 0.1) is 16.3 Å². The third-order valence-electron chi connectivity index (χ3n) is 5.34. The molecule has 0 radical (unpaired) electrons. The third kappa shape index (κ3) is 3.11. The summed E-state index contributed by atoms with van der Waals surface area (Å²) in [5, 5.41) is 0.590. The smallest absolute Gasteiger partial charge is 0.271 e. The summed E-state index contributed by atoms with van der Waals surface area (Å²) in [6, 6.07) is 16.7. The fourth-order valence-corrected chi connectivity index (χ4v) is 5.20. The molecule has 29 heavy (non-hydrogen) atoms. The van der Waals surface area contributed by atoms with E-state index < -0.39 is 6.04 Å². The first-order valence-corrected chi connectivity index (χ1v) is 10.7. The lowest BCUT2D eigenvalue weighted by Gasteiger charge is -2.28. The molecule has 3 aromatic rings. The summed E-state index contributed by atoms with van der Waals surface area (Å²) in [5.41, 5.74) is 3.05. The van der Waals surface area contributed by atoms with E-state index >= 15 is 0 Å². The molecule has 0 bridgehead atoms. The van der Waals surface area contributed by atoms with Gasteiger partial charge in [-0.2, -0.15) is 0 Å². The molecule has 0 N–H and O–H groups in total. The van der Waals surface area contributed by atoms with Gasteiger partial charge in [0.15, 0.2) is 10.6 Å². The number of hydrogen-bond acceptors (Lipinski definition) is 4. The normalized spacial score (nSPS) is 19.0. The Morgan fingerprint density at radius 1 is 1.03 bits per heavy atom. The van der Waals surface area contributed by atoms with E-state index in [1.165, 1.54) is 11.3 Å². The van der Waals surface area contributed by atoms with Gasteiger partial charge in [0.2, 0.25) is 0 Å². The molecule has 0 saturated carbocycles. The number of nitrogens with zero attached hydrogens (tertiary/aromatic N) is 2. The van der Waals surface area contributed by atoms with Crippen molar-refractivity contribution in [1.82, 2.24) is 4.57 Å². The number of rotatable bonds is 2. The van der Waals surface area contributed by atoms with Crippen LogP contribution in [0.15, 0.2) is 75.7 Å². The summed E-state index contributed by atoms with van der Waals surface area (Å²) < 4.78 is 2.23. The van der Waals surface area contributed by atoms with E-state index in [9.17, 15) is 9.59 Å². The molecule has 1 aromatic heterocycles. The van der Waals surface area contributed by atoms with Crippen molar-refractivity contribution in [2.45, 2.75) is 25.3 Å². The van der Waals surface area contributed by atoms with Crippen LogP contribution >= 0.6 is 22.9 Å². The van der Waals surface area contributed by atoms with Crippen LogP contribution in [-0.2, 0) is 4.79 Å². The third-order valence-corrected chi connectivity index (χ3v) is 6.66. The number of thiazole rings is 1. The number of fused-ring (bicyclic) bond motifs is 1. The topological polar surface area (TPSA) is 51.4 Å². The molecule has 0 amide bonds. The molecule has 2 heterocycles. The van der Waals surface area contributed by atoms with Crippen LogP contribution in [0.25, 0.3) is 6.08 Å². The molecule has 5 rings (SSSR count). The van der Waals surface area contributed by atoms with Gasteiger partial charge in [0, 0.05) is 17.0 Å². The average molecular weight is 421 g/mol. The maximum Gasteiger partial charge on any atom is 0.271 e. The van der Waals surface area contributed by atoms with Gasteiger partial charge in [0.25, 0.3) is 5.56 Å². The summed E-state index contributed by atoms with van der Waals surface area (Å²) >= 11 is 7.63. The molecule has 1 atom stereocenters. The SMILES string of the molecule is O=C1CCCC2=C1C(c1ccccc1)n1c(sc(=Cc3ccccc3Cl)c1=O)=N2. The maximum absolute atomic E-state index is 13.4. The van der Waals surface area contributed by atoms with E-state index in [2.05, 4.69) is 0 Å². The van der Waals surface area contributed by atoms with Crippen LogP contribution in [0.5, 0.6) is 0 Å². The van der Waals surface area contributed by atoms with Crippen LogP contribution in [0.1, 0.15) is 36.4 Å². The molecule has 144 valence electrons. The summed E-state index contributed by atoms with van der Waals surface area (Å²) in [4.78, 5) is 31.6. The fourth-order valence-electron chi connectivity index (χ4n) is 3.99. The fraction of sp³-hybridized carbons (Fsp3) is 0.174. The molecule has 6 heteroatoms. The van der Waals surface area contributed by atoms with Crippen LogP contribution in [0, 0.1) is 0 Å². The predicted octanol–water partition coefficient (Wildman–Crippen LogP) is 3.62. The van der Waals surface area contributed by atoms with Gasteiger partial charge in [-0.1, -0.05) is 71.5 Å². The molecule has 0 saturated heterocycles. The van der Waals surface area contributed by atoms with Crippen molar-refractivity contribution in [1.29, 1.82) is 0 Å². The molecule has 4 nitrogen and oxygen atoms in total. The lowest BCUT2D eigenvalue weighted by molar-refractivity contribution is -0.116. The zero-order valence-corrected chi connectivity index (χ0v) is 17.0. The van der Waals surface area contributed by atoms with Crippen LogP contribution in [0.2, 0.25) is 5.02 Å². The number of hydrogen-bond donors (Lipinski definition) is 0. The monoisotopic (exact) mass is 420 g/mol. The lowest BCUT2D eigenvalue weighted by atomic mass is 9.86. The predicted molar refractivity (Wildman–Crippen MR) is 115 cm³/mol. The first kappa shape index (κ1) is 18.3. The van der Waals surface area contributed by atoms with Crippen molar-refractivity contribution in [2.24, 2.45) is 4.99 Å². The minimum Gasteiger partial charge on any atom is -0.294 e. The highest BCUT2D eigenvalue weighted by Crippen LogP contribution is 2.35. The van der Waals surface area contributed by atoms with Crippen LogP contribution < -0.4 is 14.9 Å². The average Bonchev–Trinajstić information content (AvgIpc) is 3.04. The number of Topliss-reactive ketones (excluding diaryl/α,β-unsaturated/α-hetero) is 1. The molecule has 1 aliphatic heterocycles. The second-order valence-corrected chi connectivity index (χ2v) is 8.57. The van der Waals surface area contributed by atoms with Crippen molar-refractivity contribution in [3.8, 4) is 0 Å². The molecule has 0 fully saturated rings. The van der Waals surface area contributed by atoms with Crippen molar-refractivity contribution >= 4 is 34.8 Å².